The number of rotatable bonds is 3. The molecule has 2 nitrogen and oxygen atoms in total. The lowest BCUT2D eigenvalue weighted by atomic mass is 9.95. The molecule has 0 bridgehead atoms. The van der Waals surface area contributed by atoms with Crippen molar-refractivity contribution in [2.75, 3.05) is 0 Å². The van der Waals surface area contributed by atoms with Crippen molar-refractivity contribution in [1.82, 2.24) is 5.43 Å². The average Bonchev–Trinajstić information content (AvgIpc) is 2.36. The van der Waals surface area contributed by atoms with Crippen LogP contribution in [0.1, 0.15) is 22.7 Å². The number of hydrogen-bond donors (Lipinski definition) is 2. The fourth-order valence-corrected chi connectivity index (χ4v) is 2.22. The Hall–Kier alpha value is -1.42. The predicted molar refractivity (Wildman–Crippen MR) is 71.8 cm³/mol. The molecule has 0 aliphatic carbocycles. The van der Waals surface area contributed by atoms with Gasteiger partial charge in [-0.15, -0.1) is 0 Å². The van der Waals surface area contributed by atoms with Crippen LogP contribution >= 0.6 is 11.6 Å². The largest absolute Gasteiger partial charge is 0.271 e. The molecular formula is C14H14ClFN2. The van der Waals surface area contributed by atoms with Crippen LogP contribution in [0.5, 0.6) is 0 Å². The Morgan fingerprint density at radius 3 is 2.56 bits per heavy atom. The molecule has 0 saturated heterocycles. The van der Waals surface area contributed by atoms with E-state index >= 15 is 0 Å². The Labute approximate surface area is 111 Å². The molecule has 0 fully saturated rings. The molecule has 0 aliphatic heterocycles. The van der Waals surface area contributed by atoms with Gasteiger partial charge in [0.25, 0.3) is 0 Å². The maximum atomic E-state index is 13.3. The number of nitrogens with one attached hydrogen (secondary N) is 1. The lowest BCUT2D eigenvalue weighted by Crippen LogP contribution is -2.29. The zero-order chi connectivity index (χ0) is 13.1. The second-order valence-electron chi connectivity index (χ2n) is 4.12. The van der Waals surface area contributed by atoms with Gasteiger partial charge in [-0.2, -0.15) is 0 Å². The van der Waals surface area contributed by atoms with E-state index in [0.29, 0.717) is 10.6 Å². The summed E-state index contributed by atoms with van der Waals surface area (Å²) in [6.07, 6.45) is 0. The fourth-order valence-electron chi connectivity index (χ4n) is 1.99. The van der Waals surface area contributed by atoms with Gasteiger partial charge in [0, 0.05) is 5.02 Å². The van der Waals surface area contributed by atoms with Gasteiger partial charge in [-0.05, 0) is 41.8 Å². The van der Waals surface area contributed by atoms with Gasteiger partial charge >= 0.3 is 0 Å². The van der Waals surface area contributed by atoms with Crippen LogP contribution in [0, 0.1) is 12.7 Å². The highest BCUT2D eigenvalue weighted by Crippen LogP contribution is 2.30. The van der Waals surface area contributed by atoms with E-state index in [1.54, 1.807) is 0 Å². The van der Waals surface area contributed by atoms with Crippen molar-refractivity contribution in [3.05, 3.63) is 70.0 Å². The molecule has 2 aromatic rings. The molecule has 3 N–H and O–H groups in total. The third kappa shape index (κ3) is 2.53. The minimum atomic E-state index is -0.330. The molecule has 0 saturated carbocycles. The van der Waals surface area contributed by atoms with Crippen LogP contribution in [0.3, 0.4) is 0 Å². The Balaban J connectivity index is 2.52. The second kappa shape index (κ2) is 5.48. The molecule has 0 aromatic heterocycles. The van der Waals surface area contributed by atoms with E-state index in [9.17, 15) is 4.39 Å². The standard InChI is InChI=1S/C14H14ClFN2/c1-9-4-2-3-5-11(9)14(18-17)12-8-10(16)6-7-13(12)15/h2-8,14,18H,17H2,1H3. The summed E-state index contributed by atoms with van der Waals surface area (Å²) in [6.45, 7) is 1.98. The molecule has 0 radical (unpaired) electrons. The molecule has 2 rings (SSSR count). The molecule has 1 unspecified atom stereocenters. The number of nitrogens with two attached hydrogens (primary N) is 1. The molecule has 2 aromatic carbocycles. The first-order chi connectivity index (χ1) is 8.63. The fraction of sp³-hybridized carbons (Fsp3) is 0.143. The summed E-state index contributed by atoms with van der Waals surface area (Å²) in [4.78, 5) is 0. The van der Waals surface area contributed by atoms with Gasteiger partial charge in [0.1, 0.15) is 5.82 Å². The maximum Gasteiger partial charge on any atom is 0.123 e. The Morgan fingerprint density at radius 2 is 1.89 bits per heavy atom. The van der Waals surface area contributed by atoms with E-state index in [2.05, 4.69) is 5.43 Å². The van der Waals surface area contributed by atoms with Crippen LogP contribution in [0.15, 0.2) is 42.5 Å². The van der Waals surface area contributed by atoms with Crippen molar-refractivity contribution in [3.63, 3.8) is 0 Å². The number of hydrazine groups is 1. The molecule has 18 heavy (non-hydrogen) atoms. The van der Waals surface area contributed by atoms with E-state index in [0.717, 1.165) is 11.1 Å². The summed E-state index contributed by atoms with van der Waals surface area (Å²) in [5.41, 5.74) is 5.37. The number of benzene rings is 2. The minimum Gasteiger partial charge on any atom is -0.271 e. The lowest BCUT2D eigenvalue weighted by molar-refractivity contribution is 0.604. The van der Waals surface area contributed by atoms with Gasteiger partial charge in [-0.1, -0.05) is 35.9 Å². The van der Waals surface area contributed by atoms with Crippen LogP contribution in [0.25, 0.3) is 0 Å². The first kappa shape index (κ1) is 13.0. The van der Waals surface area contributed by atoms with Gasteiger partial charge in [0.2, 0.25) is 0 Å². The number of hydrogen-bond acceptors (Lipinski definition) is 2. The highest BCUT2D eigenvalue weighted by molar-refractivity contribution is 6.31. The van der Waals surface area contributed by atoms with E-state index < -0.39 is 0 Å². The highest BCUT2D eigenvalue weighted by atomic mass is 35.5. The Morgan fingerprint density at radius 1 is 1.17 bits per heavy atom. The molecule has 0 amide bonds. The smallest absolute Gasteiger partial charge is 0.123 e. The third-order valence-electron chi connectivity index (χ3n) is 2.94. The van der Waals surface area contributed by atoms with Gasteiger partial charge < -0.3 is 0 Å². The van der Waals surface area contributed by atoms with E-state index in [1.807, 2.05) is 31.2 Å². The SMILES string of the molecule is Cc1ccccc1C(NN)c1cc(F)ccc1Cl. The zero-order valence-corrected chi connectivity index (χ0v) is 10.7. The van der Waals surface area contributed by atoms with Crippen LogP contribution in [0.2, 0.25) is 5.02 Å². The van der Waals surface area contributed by atoms with Crippen molar-refractivity contribution < 1.29 is 4.39 Å². The first-order valence-electron chi connectivity index (χ1n) is 5.60. The number of halogens is 2. The van der Waals surface area contributed by atoms with E-state index in [1.165, 1.54) is 18.2 Å². The summed E-state index contributed by atoms with van der Waals surface area (Å²) in [7, 11) is 0. The molecule has 4 heteroatoms. The lowest BCUT2D eigenvalue weighted by Gasteiger charge is -2.20. The topological polar surface area (TPSA) is 38.0 Å². The monoisotopic (exact) mass is 264 g/mol. The predicted octanol–water partition coefficient (Wildman–Crippen LogP) is 3.34. The van der Waals surface area contributed by atoms with Crippen molar-refractivity contribution >= 4 is 11.6 Å². The first-order valence-corrected chi connectivity index (χ1v) is 5.98. The van der Waals surface area contributed by atoms with E-state index in [4.69, 9.17) is 17.4 Å². The summed E-state index contributed by atoms with van der Waals surface area (Å²) in [5, 5.41) is 0.489. The highest BCUT2D eigenvalue weighted by Gasteiger charge is 2.17. The van der Waals surface area contributed by atoms with Crippen molar-refractivity contribution in [2.24, 2.45) is 5.84 Å². The van der Waals surface area contributed by atoms with Crippen LogP contribution in [-0.2, 0) is 0 Å². The maximum absolute atomic E-state index is 13.3. The van der Waals surface area contributed by atoms with Crippen molar-refractivity contribution in [1.29, 1.82) is 0 Å². The average molecular weight is 265 g/mol. The molecule has 94 valence electrons. The van der Waals surface area contributed by atoms with Crippen molar-refractivity contribution in [2.45, 2.75) is 13.0 Å². The normalized spacial score (nSPS) is 12.4. The van der Waals surface area contributed by atoms with Gasteiger partial charge in [-0.25, -0.2) is 9.82 Å². The van der Waals surface area contributed by atoms with Crippen LogP contribution in [-0.4, -0.2) is 0 Å². The van der Waals surface area contributed by atoms with Crippen LogP contribution in [0.4, 0.5) is 4.39 Å². The number of aryl methyl sites for hydroxylation is 1. The molecular weight excluding hydrogens is 251 g/mol. The molecule has 0 aliphatic rings. The second-order valence-corrected chi connectivity index (χ2v) is 4.53. The quantitative estimate of drug-likeness (QED) is 0.659. The van der Waals surface area contributed by atoms with Crippen LogP contribution < -0.4 is 11.3 Å². The summed E-state index contributed by atoms with van der Waals surface area (Å²) in [6, 6.07) is 11.7. The van der Waals surface area contributed by atoms with Gasteiger partial charge in [0.15, 0.2) is 0 Å². The molecule has 0 spiro atoms. The van der Waals surface area contributed by atoms with Gasteiger partial charge in [0.05, 0.1) is 6.04 Å². The zero-order valence-electron chi connectivity index (χ0n) is 9.95. The van der Waals surface area contributed by atoms with Gasteiger partial charge in [-0.3, -0.25) is 5.84 Å². The molecule has 1 atom stereocenters. The Bertz CT molecular complexity index is 557. The summed E-state index contributed by atoms with van der Waals surface area (Å²) >= 11 is 6.11. The minimum absolute atomic E-state index is 0.325. The Kier molecular flexibility index (Phi) is 3.97. The van der Waals surface area contributed by atoms with Crippen molar-refractivity contribution in [3.8, 4) is 0 Å². The molecule has 0 heterocycles. The summed E-state index contributed by atoms with van der Waals surface area (Å²) in [5.74, 6) is 5.26. The third-order valence-corrected chi connectivity index (χ3v) is 3.28. The van der Waals surface area contributed by atoms with E-state index in [-0.39, 0.29) is 11.9 Å². The summed E-state index contributed by atoms with van der Waals surface area (Å²) < 4.78 is 13.3.